The van der Waals surface area contributed by atoms with Crippen LogP contribution in [0.2, 0.25) is 0 Å². The highest BCUT2D eigenvalue weighted by Crippen LogP contribution is 2.22. The van der Waals surface area contributed by atoms with E-state index in [0.717, 1.165) is 30.4 Å². The number of carbonyl (C=O) groups excluding carboxylic acids is 1. The summed E-state index contributed by atoms with van der Waals surface area (Å²) in [6.45, 7) is 2.27. The quantitative estimate of drug-likeness (QED) is 0.111. The van der Waals surface area contributed by atoms with Crippen LogP contribution in [0.5, 0.6) is 0 Å². The average molecular weight is 542 g/mol. The average Bonchev–Trinajstić information content (AvgIpc) is 2.80. The lowest BCUT2D eigenvalue weighted by Crippen LogP contribution is -2.40. The van der Waals surface area contributed by atoms with E-state index in [0.29, 0.717) is 6.42 Å². The van der Waals surface area contributed by atoms with Crippen molar-refractivity contribution in [2.24, 2.45) is 0 Å². The van der Waals surface area contributed by atoms with Gasteiger partial charge >= 0.3 is 15.5 Å². The summed E-state index contributed by atoms with van der Waals surface area (Å²) in [6, 6.07) is 0. The third-order valence-corrected chi connectivity index (χ3v) is 7.92. The van der Waals surface area contributed by atoms with Gasteiger partial charge in [-0.3, -0.25) is 4.79 Å². The van der Waals surface area contributed by atoms with E-state index in [1.54, 1.807) is 0 Å². The fourth-order valence-corrected chi connectivity index (χ4v) is 5.02. The molecule has 4 nitrogen and oxygen atoms in total. The van der Waals surface area contributed by atoms with E-state index in [-0.39, 0.29) is 6.42 Å². The van der Waals surface area contributed by atoms with E-state index in [1.165, 1.54) is 122 Å². The van der Waals surface area contributed by atoms with Crippen molar-refractivity contribution in [1.82, 2.24) is 4.72 Å². The molecule has 1 N–H and O–H groups in total. The molecular weight excluding hydrogens is 487 g/mol. The predicted octanol–water partition coefficient (Wildman–Crippen LogP) is 9.72. The second-order valence-corrected chi connectivity index (χ2v) is 12.0. The third-order valence-electron chi connectivity index (χ3n) is 6.81. The molecule has 0 unspecified atom stereocenters. The number of halogens is 3. The van der Waals surface area contributed by atoms with Crippen molar-refractivity contribution < 1.29 is 26.4 Å². The Hall–Kier alpha value is -0.790. The van der Waals surface area contributed by atoms with E-state index >= 15 is 0 Å². The molecule has 0 radical (unpaired) electrons. The van der Waals surface area contributed by atoms with Gasteiger partial charge in [0.15, 0.2) is 0 Å². The van der Waals surface area contributed by atoms with Gasteiger partial charge in [0.25, 0.3) is 0 Å². The molecule has 0 rings (SSSR count). The molecule has 0 heterocycles. The van der Waals surface area contributed by atoms with Gasteiger partial charge in [-0.1, -0.05) is 155 Å². The monoisotopic (exact) mass is 541 g/mol. The Labute approximate surface area is 220 Å². The SMILES string of the molecule is CCCCCCCCCCCCCCCCCCCCCCCCCCC(=O)NS(=O)(=O)C(F)(F)F. The molecular formula is C28H54F3NO3S. The van der Waals surface area contributed by atoms with Crippen molar-refractivity contribution in [3.05, 3.63) is 0 Å². The molecule has 8 heteroatoms. The molecule has 0 atom stereocenters. The first-order valence-corrected chi connectivity index (χ1v) is 16.3. The number of carbonyl (C=O) groups is 1. The van der Waals surface area contributed by atoms with Crippen LogP contribution in [-0.4, -0.2) is 19.8 Å². The summed E-state index contributed by atoms with van der Waals surface area (Å²) in [4.78, 5) is 11.3. The molecule has 0 fully saturated rings. The molecule has 0 aromatic carbocycles. The topological polar surface area (TPSA) is 63.2 Å². The summed E-state index contributed by atoms with van der Waals surface area (Å²) in [7, 11) is -5.58. The van der Waals surface area contributed by atoms with Crippen LogP contribution in [0.4, 0.5) is 13.2 Å². The number of hydrogen-bond acceptors (Lipinski definition) is 3. The van der Waals surface area contributed by atoms with Gasteiger partial charge in [0.1, 0.15) is 0 Å². The normalized spacial score (nSPS) is 12.2. The Morgan fingerprint density at radius 1 is 0.528 bits per heavy atom. The van der Waals surface area contributed by atoms with Gasteiger partial charge in [0.2, 0.25) is 5.91 Å². The number of hydrogen-bond donors (Lipinski definition) is 1. The van der Waals surface area contributed by atoms with Crippen LogP contribution in [0.15, 0.2) is 0 Å². The maximum atomic E-state index is 12.2. The summed E-state index contributed by atoms with van der Waals surface area (Å²) < 4.78 is 59.3. The Morgan fingerprint density at radius 3 is 1.03 bits per heavy atom. The Morgan fingerprint density at radius 2 is 0.778 bits per heavy atom. The van der Waals surface area contributed by atoms with Crippen LogP contribution in [0.1, 0.15) is 167 Å². The van der Waals surface area contributed by atoms with E-state index in [4.69, 9.17) is 0 Å². The maximum Gasteiger partial charge on any atom is 0.516 e. The highest BCUT2D eigenvalue weighted by Gasteiger charge is 2.46. The van der Waals surface area contributed by atoms with Crippen molar-refractivity contribution in [1.29, 1.82) is 0 Å². The number of nitrogens with one attached hydrogen (secondary N) is 1. The number of rotatable bonds is 26. The predicted molar refractivity (Wildman–Crippen MR) is 144 cm³/mol. The molecule has 0 aromatic heterocycles. The zero-order valence-corrected chi connectivity index (χ0v) is 23.8. The molecule has 36 heavy (non-hydrogen) atoms. The van der Waals surface area contributed by atoms with Crippen molar-refractivity contribution >= 4 is 15.9 Å². The summed E-state index contributed by atoms with van der Waals surface area (Å²) >= 11 is 0. The minimum absolute atomic E-state index is 0.200. The van der Waals surface area contributed by atoms with E-state index in [1.807, 2.05) is 0 Å². The molecule has 1 amide bonds. The second-order valence-electron chi connectivity index (χ2n) is 10.4. The van der Waals surface area contributed by atoms with Crippen LogP contribution < -0.4 is 4.72 Å². The van der Waals surface area contributed by atoms with Gasteiger partial charge < -0.3 is 0 Å². The largest absolute Gasteiger partial charge is 0.516 e. The van der Waals surface area contributed by atoms with Gasteiger partial charge in [-0.15, -0.1) is 0 Å². The highest BCUT2D eigenvalue weighted by atomic mass is 32.2. The van der Waals surface area contributed by atoms with Gasteiger partial charge in [-0.05, 0) is 6.42 Å². The minimum atomic E-state index is -5.58. The van der Waals surface area contributed by atoms with Gasteiger partial charge in [0.05, 0.1) is 0 Å². The van der Waals surface area contributed by atoms with E-state index in [2.05, 4.69) is 6.92 Å². The standard InChI is InChI=1S/C28H54F3NO3S/c1-2-3-4-5-6-7-8-9-10-11-12-13-14-15-16-17-18-19-20-21-22-23-24-25-26-27(33)32-36(34,35)28(29,30)31/h2-26H2,1H3,(H,32,33). The second kappa shape index (κ2) is 23.3. The maximum absolute atomic E-state index is 12.2. The molecule has 0 aliphatic carbocycles. The molecule has 216 valence electrons. The Kier molecular flexibility index (Phi) is 22.8. The van der Waals surface area contributed by atoms with E-state index in [9.17, 15) is 26.4 Å². The molecule has 0 spiro atoms. The van der Waals surface area contributed by atoms with Crippen molar-refractivity contribution in [3.63, 3.8) is 0 Å². The van der Waals surface area contributed by atoms with Crippen LogP contribution in [0.3, 0.4) is 0 Å². The minimum Gasteiger partial charge on any atom is -0.274 e. The van der Waals surface area contributed by atoms with Gasteiger partial charge in [-0.25, -0.2) is 4.72 Å². The first-order valence-electron chi connectivity index (χ1n) is 14.8. The zero-order valence-electron chi connectivity index (χ0n) is 22.9. The van der Waals surface area contributed by atoms with E-state index < -0.39 is 21.4 Å². The molecule has 0 saturated heterocycles. The first-order chi connectivity index (χ1) is 17.2. The fraction of sp³-hybridized carbons (Fsp3) is 0.964. The smallest absolute Gasteiger partial charge is 0.274 e. The van der Waals surface area contributed by atoms with Crippen LogP contribution in [0, 0.1) is 0 Å². The summed E-state index contributed by atoms with van der Waals surface area (Å²) in [5.74, 6) is -1.09. The molecule has 0 saturated carbocycles. The highest BCUT2D eigenvalue weighted by molar-refractivity contribution is 7.90. The molecule has 0 aliphatic heterocycles. The Balaban J connectivity index is 3.24. The number of sulfonamides is 1. The summed E-state index contributed by atoms with van der Waals surface area (Å²) in [5, 5.41) is 0. The van der Waals surface area contributed by atoms with Crippen molar-refractivity contribution in [2.45, 2.75) is 173 Å². The van der Waals surface area contributed by atoms with Crippen LogP contribution in [0.25, 0.3) is 0 Å². The fourth-order valence-electron chi connectivity index (χ4n) is 4.51. The number of unbranched alkanes of at least 4 members (excludes halogenated alkanes) is 23. The van der Waals surface area contributed by atoms with Gasteiger partial charge in [0, 0.05) is 6.42 Å². The Bertz CT molecular complexity index is 610. The lowest BCUT2D eigenvalue weighted by molar-refractivity contribution is -0.120. The first kappa shape index (κ1) is 35.2. The third kappa shape index (κ3) is 22.4. The number of alkyl halides is 3. The lowest BCUT2D eigenvalue weighted by atomic mass is 10.0. The molecule has 0 aliphatic rings. The summed E-state index contributed by atoms with van der Waals surface area (Å²) in [5.41, 5.74) is -5.45. The lowest BCUT2D eigenvalue weighted by Gasteiger charge is -2.09. The van der Waals surface area contributed by atoms with Crippen molar-refractivity contribution in [3.8, 4) is 0 Å². The zero-order chi connectivity index (χ0) is 27.0. The van der Waals surface area contributed by atoms with Crippen molar-refractivity contribution in [2.75, 3.05) is 0 Å². The summed E-state index contributed by atoms with van der Waals surface area (Å²) in [6.07, 6.45) is 30.0. The van der Waals surface area contributed by atoms with Crippen LogP contribution in [-0.2, 0) is 14.8 Å². The van der Waals surface area contributed by atoms with Gasteiger partial charge in [-0.2, -0.15) is 21.6 Å². The van der Waals surface area contributed by atoms with Crippen LogP contribution >= 0.6 is 0 Å². The molecule has 0 bridgehead atoms. The number of amides is 1. The molecule has 0 aromatic rings.